The van der Waals surface area contributed by atoms with E-state index in [1.165, 1.54) is 12.1 Å². The van der Waals surface area contributed by atoms with Crippen molar-refractivity contribution in [1.82, 2.24) is 0 Å². The fourth-order valence-electron chi connectivity index (χ4n) is 1.18. The Morgan fingerprint density at radius 3 is 2.40 bits per heavy atom. The first-order valence-electron chi connectivity index (χ1n) is 4.19. The van der Waals surface area contributed by atoms with Crippen LogP contribution in [0.15, 0.2) is 18.2 Å². The highest BCUT2D eigenvalue weighted by atomic mass is 35.5. The van der Waals surface area contributed by atoms with Gasteiger partial charge in [-0.2, -0.15) is 13.2 Å². The largest absolute Gasteiger partial charge is 0.417 e. The predicted molar refractivity (Wildman–Crippen MR) is 52.4 cm³/mol. The van der Waals surface area contributed by atoms with Crippen molar-refractivity contribution in [3.8, 4) is 0 Å². The molecule has 1 atom stereocenters. The van der Waals surface area contributed by atoms with Gasteiger partial charge in [-0.3, -0.25) is 0 Å². The van der Waals surface area contributed by atoms with E-state index in [-0.39, 0.29) is 17.1 Å². The SMILES string of the molecule is NCC(N)c1cccc(C(F)(F)F)c1Cl. The van der Waals surface area contributed by atoms with Crippen LogP contribution in [0.3, 0.4) is 0 Å². The molecule has 0 heterocycles. The topological polar surface area (TPSA) is 52.0 Å². The lowest BCUT2D eigenvalue weighted by atomic mass is 10.0. The quantitative estimate of drug-likeness (QED) is 0.831. The third kappa shape index (κ3) is 2.62. The Kier molecular flexibility index (Phi) is 3.59. The number of nitrogens with two attached hydrogens (primary N) is 2. The van der Waals surface area contributed by atoms with Crippen LogP contribution in [0.2, 0.25) is 5.02 Å². The Labute approximate surface area is 90.0 Å². The highest BCUT2D eigenvalue weighted by Crippen LogP contribution is 2.37. The molecule has 1 aromatic rings. The van der Waals surface area contributed by atoms with Crippen molar-refractivity contribution in [3.05, 3.63) is 34.3 Å². The van der Waals surface area contributed by atoms with Crippen LogP contribution in [0.4, 0.5) is 13.2 Å². The summed E-state index contributed by atoms with van der Waals surface area (Å²) in [6, 6.07) is 2.93. The molecular weight excluding hydrogens is 229 g/mol. The zero-order valence-electron chi connectivity index (χ0n) is 7.68. The number of hydrogen-bond donors (Lipinski definition) is 2. The lowest BCUT2D eigenvalue weighted by Gasteiger charge is -2.15. The molecule has 0 radical (unpaired) electrons. The molecule has 2 nitrogen and oxygen atoms in total. The van der Waals surface area contributed by atoms with Gasteiger partial charge in [-0.15, -0.1) is 0 Å². The van der Waals surface area contributed by atoms with E-state index in [4.69, 9.17) is 23.1 Å². The Balaban J connectivity index is 3.23. The molecule has 0 aliphatic rings. The third-order valence-corrected chi connectivity index (χ3v) is 2.41. The summed E-state index contributed by atoms with van der Waals surface area (Å²) in [5.41, 5.74) is 10.1. The van der Waals surface area contributed by atoms with Gasteiger partial charge in [0.2, 0.25) is 0 Å². The molecule has 1 unspecified atom stereocenters. The minimum absolute atomic E-state index is 0.0427. The highest BCUT2D eigenvalue weighted by Gasteiger charge is 2.34. The molecule has 1 aromatic carbocycles. The Hall–Kier alpha value is -0.780. The lowest BCUT2D eigenvalue weighted by Crippen LogP contribution is -2.22. The van der Waals surface area contributed by atoms with E-state index >= 15 is 0 Å². The number of halogens is 4. The number of hydrogen-bond acceptors (Lipinski definition) is 2. The fraction of sp³-hybridized carbons (Fsp3) is 0.333. The van der Waals surface area contributed by atoms with Crippen LogP contribution in [0, 0.1) is 0 Å². The van der Waals surface area contributed by atoms with Crippen molar-refractivity contribution < 1.29 is 13.2 Å². The minimum atomic E-state index is -4.47. The van der Waals surface area contributed by atoms with Crippen LogP contribution in [-0.4, -0.2) is 6.54 Å². The van der Waals surface area contributed by atoms with Crippen LogP contribution in [0.1, 0.15) is 17.2 Å². The number of rotatable bonds is 2. The van der Waals surface area contributed by atoms with Gasteiger partial charge >= 0.3 is 6.18 Å². The lowest BCUT2D eigenvalue weighted by molar-refractivity contribution is -0.137. The first kappa shape index (κ1) is 12.3. The molecule has 0 saturated carbocycles. The summed E-state index contributed by atoms with van der Waals surface area (Å²) < 4.78 is 37.3. The number of alkyl halides is 3. The van der Waals surface area contributed by atoms with Crippen LogP contribution in [-0.2, 0) is 6.18 Å². The molecule has 0 aliphatic heterocycles. The molecule has 0 amide bonds. The molecule has 4 N–H and O–H groups in total. The van der Waals surface area contributed by atoms with Crippen LogP contribution < -0.4 is 11.5 Å². The molecule has 0 aliphatic carbocycles. The maximum Gasteiger partial charge on any atom is 0.417 e. The minimum Gasteiger partial charge on any atom is -0.329 e. The summed E-state index contributed by atoms with van der Waals surface area (Å²) in [7, 11) is 0. The van der Waals surface area contributed by atoms with Crippen LogP contribution >= 0.6 is 11.6 Å². The van der Waals surface area contributed by atoms with Crippen molar-refractivity contribution in [2.45, 2.75) is 12.2 Å². The zero-order chi connectivity index (χ0) is 11.6. The Bertz CT molecular complexity index is 352. The predicted octanol–water partition coefficient (Wildman–Crippen LogP) is 2.32. The number of benzene rings is 1. The molecule has 0 spiro atoms. The Morgan fingerprint density at radius 1 is 1.33 bits per heavy atom. The second-order valence-corrected chi connectivity index (χ2v) is 3.43. The summed E-state index contributed by atoms with van der Waals surface area (Å²) in [4.78, 5) is 0. The second kappa shape index (κ2) is 4.38. The first-order valence-corrected chi connectivity index (χ1v) is 4.57. The van der Waals surface area contributed by atoms with Crippen molar-refractivity contribution in [1.29, 1.82) is 0 Å². The summed E-state index contributed by atoms with van der Waals surface area (Å²) in [6.07, 6.45) is -4.47. The summed E-state index contributed by atoms with van der Waals surface area (Å²) >= 11 is 5.61. The van der Waals surface area contributed by atoms with E-state index in [1.54, 1.807) is 0 Å². The standard InChI is InChI=1S/C9H10ClF3N2/c10-8-5(7(15)4-14)2-1-3-6(8)9(11,12)13/h1-3,7H,4,14-15H2. The van der Waals surface area contributed by atoms with E-state index in [0.717, 1.165) is 6.07 Å². The van der Waals surface area contributed by atoms with Crippen LogP contribution in [0.25, 0.3) is 0 Å². The summed E-state index contributed by atoms with van der Waals surface area (Å²) in [5.74, 6) is 0. The molecule has 6 heteroatoms. The molecule has 1 rings (SSSR count). The smallest absolute Gasteiger partial charge is 0.329 e. The van der Waals surface area contributed by atoms with Crippen molar-refractivity contribution in [2.24, 2.45) is 11.5 Å². The van der Waals surface area contributed by atoms with E-state index in [0.29, 0.717) is 0 Å². The van der Waals surface area contributed by atoms with Crippen molar-refractivity contribution in [3.63, 3.8) is 0 Å². The van der Waals surface area contributed by atoms with Crippen molar-refractivity contribution in [2.75, 3.05) is 6.54 Å². The van der Waals surface area contributed by atoms with Gasteiger partial charge in [0.1, 0.15) is 0 Å². The van der Waals surface area contributed by atoms with Crippen LogP contribution in [0.5, 0.6) is 0 Å². The summed E-state index contributed by atoms with van der Waals surface area (Å²) in [5, 5.41) is -0.372. The molecule has 84 valence electrons. The van der Waals surface area contributed by atoms with Gasteiger partial charge in [0.05, 0.1) is 10.6 Å². The second-order valence-electron chi connectivity index (χ2n) is 3.05. The van der Waals surface area contributed by atoms with Gasteiger partial charge in [0, 0.05) is 12.6 Å². The molecule has 0 saturated heterocycles. The highest BCUT2D eigenvalue weighted by molar-refractivity contribution is 6.32. The average Bonchev–Trinajstić information content (AvgIpc) is 2.15. The van der Waals surface area contributed by atoms with Gasteiger partial charge in [-0.1, -0.05) is 23.7 Å². The van der Waals surface area contributed by atoms with Gasteiger partial charge in [0.25, 0.3) is 0 Å². The average molecular weight is 239 g/mol. The van der Waals surface area contributed by atoms with Gasteiger partial charge in [-0.25, -0.2) is 0 Å². The molecule has 0 fully saturated rings. The van der Waals surface area contributed by atoms with Crippen molar-refractivity contribution >= 4 is 11.6 Å². The third-order valence-electron chi connectivity index (χ3n) is 1.99. The van der Waals surface area contributed by atoms with E-state index in [1.807, 2.05) is 0 Å². The molecular formula is C9H10ClF3N2. The monoisotopic (exact) mass is 238 g/mol. The first-order chi connectivity index (χ1) is 6.88. The van der Waals surface area contributed by atoms with E-state index in [2.05, 4.69) is 0 Å². The normalized spacial score (nSPS) is 14.0. The Morgan fingerprint density at radius 2 is 1.93 bits per heavy atom. The van der Waals surface area contributed by atoms with Gasteiger partial charge in [-0.05, 0) is 11.6 Å². The summed E-state index contributed by atoms with van der Waals surface area (Å²) in [6.45, 7) is 0.0427. The fourth-order valence-corrected chi connectivity index (χ4v) is 1.56. The van der Waals surface area contributed by atoms with Gasteiger partial charge < -0.3 is 11.5 Å². The van der Waals surface area contributed by atoms with E-state index in [9.17, 15) is 13.2 Å². The molecule has 0 aromatic heterocycles. The maximum atomic E-state index is 12.4. The molecule has 15 heavy (non-hydrogen) atoms. The van der Waals surface area contributed by atoms with Gasteiger partial charge in [0.15, 0.2) is 0 Å². The molecule has 0 bridgehead atoms. The van der Waals surface area contributed by atoms with E-state index < -0.39 is 17.8 Å². The maximum absolute atomic E-state index is 12.4. The zero-order valence-corrected chi connectivity index (χ0v) is 8.44.